The third-order valence-electron chi connectivity index (χ3n) is 1.50. The lowest BCUT2D eigenvalue weighted by Gasteiger charge is -2.08. The molecule has 0 aliphatic heterocycles. The summed E-state index contributed by atoms with van der Waals surface area (Å²) in [6, 6.07) is 0. The van der Waals surface area contributed by atoms with Crippen molar-refractivity contribution in [3.63, 3.8) is 0 Å². The number of rotatable bonds is 6. The molecule has 0 atom stereocenters. The Morgan fingerprint density at radius 3 is 2.10 bits per heavy atom. The first kappa shape index (κ1) is 10.9. The zero-order chi connectivity index (χ0) is 7.82. The van der Waals surface area contributed by atoms with Crippen LogP contribution in [0.3, 0.4) is 0 Å². The molecule has 3 heteroatoms. The van der Waals surface area contributed by atoms with Crippen molar-refractivity contribution in [2.45, 2.75) is 19.3 Å². The van der Waals surface area contributed by atoms with Gasteiger partial charge in [-0.15, -0.1) is 0 Å². The molecule has 0 aromatic heterocycles. The molecule has 0 heterocycles. The van der Waals surface area contributed by atoms with Gasteiger partial charge >= 0.3 is 0 Å². The highest BCUT2D eigenvalue weighted by Crippen LogP contribution is 2.13. The Hall–Kier alpha value is 0.920. The molecule has 0 unspecified atom stereocenters. The maximum Gasteiger partial charge on any atom is 0.00676 e. The third-order valence-corrected chi connectivity index (χ3v) is 3.33. The maximum atomic E-state index is 5.37. The van der Waals surface area contributed by atoms with E-state index in [-0.39, 0.29) is 0 Å². The average Bonchev–Trinajstić information content (AvgIpc) is 1.99. The van der Waals surface area contributed by atoms with Gasteiger partial charge in [-0.2, -0.15) is 0 Å². The van der Waals surface area contributed by atoms with Gasteiger partial charge in [-0.25, -0.2) is 0 Å². The maximum absolute atomic E-state index is 5.37. The fraction of sp³-hybridized carbons (Fsp3) is 1.00. The molecule has 62 valence electrons. The van der Waals surface area contributed by atoms with Gasteiger partial charge in [-0.3, -0.25) is 0 Å². The lowest BCUT2D eigenvalue weighted by Crippen LogP contribution is -2.05. The molecule has 0 fully saturated rings. The first-order valence-electron chi connectivity index (χ1n) is 3.67. The topological polar surface area (TPSA) is 26.0 Å². The molecule has 0 rings (SSSR count). The zero-order valence-electron chi connectivity index (χ0n) is 6.15. The van der Waals surface area contributed by atoms with Crippen LogP contribution in [0.4, 0.5) is 0 Å². The van der Waals surface area contributed by atoms with E-state index >= 15 is 0 Å². The van der Waals surface area contributed by atoms with E-state index in [2.05, 4.69) is 31.9 Å². The second-order valence-corrected chi connectivity index (χ2v) is 3.75. The number of hydrogen-bond acceptors (Lipinski definition) is 1. The number of halogens is 2. The first-order chi connectivity index (χ1) is 4.85. The fourth-order valence-electron chi connectivity index (χ4n) is 0.773. The predicted octanol–water partition coefficient (Wildman–Crippen LogP) is 2.52. The largest absolute Gasteiger partial charge is 0.330 e. The van der Waals surface area contributed by atoms with Crippen LogP contribution >= 0.6 is 31.9 Å². The Kier molecular flexibility index (Phi) is 8.76. The van der Waals surface area contributed by atoms with Crippen molar-refractivity contribution in [1.82, 2.24) is 0 Å². The van der Waals surface area contributed by atoms with E-state index in [1.165, 1.54) is 12.8 Å². The van der Waals surface area contributed by atoms with E-state index in [0.29, 0.717) is 0 Å². The molecule has 10 heavy (non-hydrogen) atoms. The smallest absolute Gasteiger partial charge is 0.00676 e. The van der Waals surface area contributed by atoms with E-state index in [0.717, 1.165) is 29.5 Å². The summed E-state index contributed by atoms with van der Waals surface area (Å²) in [6.07, 6.45) is 3.71. The van der Waals surface area contributed by atoms with Gasteiger partial charge in [0.1, 0.15) is 0 Å². The van der Waals surface area contributed by atoms with Crippen LogP contribution in [-0.2, 0) is 0 Å². The summed E-state index contributed by atoms with van der Waals surface area (Å²) in [4.78, 5) is 0. The van der Waals surface area contributed by atoms with Gasteiger partial charge in [0.25, 0.3) is 0 Å². The zero-order valence-corrected chi connectivity index (χ0v) is 9.33. The Bertz CT molecular complexity index is 64.6. The van der Waals surface area contributed by atoms with Crippen molar-refractivity contribution in [3.05, 3.63) is 0 Å². The number of unbranched alkanes of at least 4 members (excludes halogenated alkanes) is 1. The minimum absolute atomic E-state index is 0.784. The third kappa shape index (κ3) is 5.69. The van der Waals surface area contributed by atoms with Crippen LogP contribution in [0.5, 0.6) is 0 Å². The molecule has 0 radical (unpaired) electrons. The fourth-order valence-corrected chi connectivity index (χ4v) is 2.49. The molecule has 0 spiro atoms. The lowest BCUT2D eigenvalue weighted by molar-refractivity contribution is 0.561. The SMILES string of the molecule is NCCCCC(CBr)CBr. The minimum Gasteiger partial charge on any atom is -0.330 e. The summed E-state index contributed by atoms with van der Waals surface area (Å²) >= 11 is 6.93. The summed E-state index contributed by atoms with van der Waals surface area (Å²) in [7, 11) is 0. The molecular formula is C7H15Br2N. The molecule has 0 aromatic carbocycles. The van der Waals surface area contributed by atoms with E-state index in [1.807, 2.05) is 0 Å². The van der Waals surface area contributed by atoms with Crippen LogP contribution < -0.4 is 5.73 Å². The second-order valence-electron chi connectivity index (χ2n) is 2.46. The molecule has 0 aromatic rings. The molecular weight excluding hydrogens is 258 g/mol. The van der Waals surface area contributed by atoms with Crippen LogP contribution in [0, 0.1) is 5.92 Å². The molecule has 2 N–H and O–H groups in total. The van der Waals surface area contributed by atoms with E-state index in [1.54, 1.807) is 0 Å². The van der Waals surface area contributed by atoms with Crippen molar-refractivity contribution in [1.29, 1.82) is 0 Å². The Morgan fingerprint density at radius 1 is 1.10 bits per heavy atom. The Labute approximate surface area is 80.0 Å². The summed E-state index contributed by atoms with van der Waals surface area (Å²) in [6.45, 7) is 0.831. The van der Waals surface area contributed by atoms with Gasteiger partial charge in [-0.05, 0) is 25.3 Å². The van der Waals surface area contributed by atoms with Crippen LogP contribution in [0.2, 0.25) is 0 Å². The van der Waals surface area contributed by atoms with Crippen molar-refractivity contribution in [3.8, 4) is 0 Å². The highest BCUT2D eigenvalue weighted by atomic mass is 79.9. The van der Waals surface area contributed by atoms with Gasteiger partial charge in [0.05, 0.1) is 0 Å². The number of nitrogens with two attached hydrogens (primary N) is 1. The highest BCUT2D eigenvalue weighted by molar-refractivity contribution is 9.09. The van der Waals surface area contributed by atoms with Crippen LogP contribution in [0.1, 0.15) is 19.3 Å². The summed E-state index contributed by atoms with van der Waals surface area (Å²) in [5.41, 5.74) is 5.37. The lowest BCUT2D eigenvalue weighted by atomic mass is 10.1. The quantitative estimate of drug-likeness (QED) is 0.584. The molecule has 0 aliphatic carbocycles. The van der Waals surface area contributed by atoms with E-state index in [9.17, 15) is 0 Å². The van der Waals surface area contributed by atoms with Crippen LogP contribution in [-0.4, -0.2) is 17.2 Å². The Morgan fingerprint density at radius 2 is 1.70 bits per heavy atom. The molecule has 0 amide bonds. The normalized spacial score (nSPS) is 10.8. The van der Waals surface area contributed by atoms with Gasteiger partial charge in [0, 0.05) is 10.7 Å². The van der Waals surface area contributed by atoms with E-state index < -0.39 is 0 Å². The van der Waals surface area contributed by atoms with Crippen molar-refractivity contribution >= 4 is 31.9 Å². The van der Waals surface area contributed by atoms with Gasteiger partial charge in [0.15, 0.2) is 0 Å². The second kappa shape index (κ2) is 8.02. The summed E-state index contributed by atoms with van der Waals surface area (Å²) in [5, 5.41) is 2.20. The van der Waals surface area contributed by atoms with Crippen LogP contribution in [0.25, 0.3) is 0 Å². The predicted molar refractivity (Wildman–Crippen MR) is 54.0 cm³/mol. The monoisotopic (exact) mass is 271 g/mol. The molecule has 1 nitrogen and oxygen atoms in total. The van der Waals surface area contributed by atoms with Gasteiger partial charge < -0.3 is 5.73 Å². The first-order valence-corrected chi connectivity index (χ1v) is 5.91. The highest BCUT2D eigenvalue weighted by Gasteiger charge is 2.03. The van der Waals surface area contributed by atoms with Gasteiger partial charge in [0.2, 0.25) is 0 Å². The molecule has 0 saturated heterocycles. The Balaban J connectivity index is 3.09. The standard InChI is InChI=1S/C7H15Br2N/c8-5-7(6-9)3-1-2-4-10/h7H,1-6,10H2. The average molecular weight is 273 g/mol. The molecule has 0 bridgehead atoms. The van der Waals surface area contributed by atoms with Crippen molar-refractivity contribution in [2.24, 2.45) is 11.7 Å². The van der Waals surface area contributed by atoms with Crippen LogP contribution in [0.15, 0.2) is 0 Å². The minimum atomic E-state index is 0.784. The summed E-state index contributed by atoms with van der Waals surface area (Å²) < 4.78 is 0. The van der Waals surface area contributed by atoms with Crippen molar-refractivity contribution < 1.29 is 0 Å². The van der Waals surface area contributed by atoms with Gasteiger partial charge in [-0.1, -0.05) is 38.3 Å². The molecule has 0 aliphatic rings. The number of alkyl halides is 2. The summed E-state index contributed by atoms with van der Waals surface area (Å²) in [5.74, 6) is 0.784. The molecule has 0 saturated carbocycles. The van der Waals surface area contributed by atoms with E-state index in [4.69, 9.17) is 5.73 Å². The van der Waals surface area contributed by atoms with Crippen molar-refractivity contribution in [2.75, 3.05) is 17.2 Å². The number of hydrogen-bond donors (Lipinski definition) is 1.